The number of rotatable bonds is 7. The van der Waals surface area contributed by atoms with Gasteiger partial charge >= 0.3 is 0 Å². The molecular formula is C18H18N6O2S2. The number of aromatic nitrogens is 3. The van der Waals surface area contributed by atoms with Crippen LogP contribution in [0.1, 0.15) is 27.9 Å². The highest BCUT2D eigenvalue weighted by molar-refractivity contribution is 7.73. The van der Waals surface area contributed by atoms with Gasteiger partial charge in [-0.3, -0.25) is 25.0 Å². The Morgan fingerprint density at radius 2 is 2.00 bits per heavy atom. The summed E-state index contributed by atoms with van der Waals surface area (Å²) in [6.45, 7) is 0.439. The second kappa shape index (κ2) is 9.20. The zero-order chi connectivity index (χ0) is 19.9. The number of pyridine rings is 1. The van der Waals surface area contributed by atoms with E-state index < -0.39 is 0 Å². The van der Waals surface area contributed by atoms with Gasteiger partial charge in [0.1, 0.15) is 0 Å². The van der Waals surface area contributed by atoms with Crippen LogP contribution >= 0.6 is 23.6 Å². The van der Waals surface area contributed by atoms with Gasteiger partial charge in [0.2, 0.25) is 11.0 Å². The molecule has 2 aromatic heterocycles. The summed E-state index contributed by atoms with van der Waals surface area (Å²) in [6.07, 6.45) is 4.05. The first kappa shape index (κ1) is 19.6. The average Bonchev–Trinajstić information content (AvgIpc) is 3.11. The Kier molecular flexibility index (Phi) is 6.45. The maximum Gasteiger partial charge on any atom is 0.259 e. The number of nitrogen functional groups attached to an aromatic ring is 1. The second-order valence-electron chi connectivity index (χ2n) is 5.88. The van der Waals surface area contributed by atoms with Crippen molar-refractivity contribution in [3.05, 3.63) is 63.4 Å². The Balaban J connectivity index is 1.58. The van der Waals surface area contributed by atoms with Crippen LogP contribution in [0.4, 0.5) is 10.8 Å². The maximum atomic E-state index is 12.4. The molecule has 0 bridgehead atoms. The Morgan fingerprint density at radius 3 is 2.71 bits per heavy atom. The summed E-state index contributed by atoms with van der Waals surface area (Å²) < 4.78 is 0.467. The summed E-state index contributed by atoms with van der Waals surface area (Å²) in [4.78, 5) is 28.5. The van der Waals surface area contributed by atoms with E-state index in [1.807, 2.05) is 12.1 Å². The van der Waals surface area contributed by atoms with Gasteiger partial charge in [-0.25, -0.2) is 0 Å². The molecule has 10 heteroatoms. The lowest BCUT2D eigenvalue weighted by atomic mass is 10.0. The van der Waals surface area contributed by atoms with E-state index in [0.29, 0.717) is 33.3 Å². The van der Waals surface area contributed by atoms with E-state index in [1.165, 1.54) is 0 Å². The first-order valence-electron chi connectivity index (χ1n) is 8.43. The molecule has 5 N–H and O–H groups in total. The average molecular weight is 415 g/mol. The molecule has 0 spiro atoms. The van der Waals surface area contributed by atoms with Gasteiger partial charge in [-0.2, -0.15) is 0 Å². The molecule has 3 aromatic rings. The molecule has 0 aliphatic heterocycles. The molecule has 0 fully saturated rings. The molecule has 0 aliphatic rings. The quantitative estimate of drug-likeness (QED) is 0.348. The van der Waals surface area contributed by atoms with Gasteiger partial charge in [-0.15, -0.1) is 5.10 Å². The molecule has 0 saturated heterocycles. The third kappa shape index (κ3) is 5.21. The second-order valence-corrected chi connectivity index (χ2v) is 7.55. The maximum absolute atomic E-state index is 12.4. The number of para-hydroxylation sites is 1. The minimum Gasteiger partial charge on any atom is -0.398 e. The number of nitrogens with two attached hydrogens (primary N) is 1. The molecule has 3 rings (SSSR count). The topological polar surface area (TPSA) is 126 Å². The zero-order valence-electron chi connectivity index (χ0n) is 14.8. The molecule has 0 atom stereocenters. The van der Waals surface area contributed by atoms with Crippen molar-refractivity contribution < 1.29 is 9.59 Å². The predicted molar refractivity (Wildman–Crippen MR) is 111 cm³/mol. The summed E-state index contributed by atoms with van der Waals surface area (Å²) in [5, 5.41) is 12.4. The predicted octanol–water partition coefficient (Wildman–Crippen LogP) is 2.68. The summed E-state index contributed by atoms with van der Waals surface area (Å²) in [5.41, 5.74) is 8.54. The lowest BCUT2D eigenvalue weighted by Gasteiger charge is -2.11. The van der Waals surface area contributed by atoms with E-state index in [9.17, 15) is 9.59 Å². The zero-order valence-corrected chi connectivity index (χ0v) is 16.4. The van der Waals surface area contributed by atoms with Crippen LogP contribution in [0.3, 0.4) is 0 Å². The molecule has 144 valence electrons. The number of aromatic amines is 1. The number of hydrogen-bond acceptors (Lipinski definition) is 7. The molecule has 0 unspecified atom stereocenters. The van der Waals surface area contributed by atoms with Crippen LogP contribution in [0.5, 0.6) is 0 Å². The van der Waals surface area contributed by atoms with E-state index in [-0.39, 0.29) is 18.2 Å². The number of amides is 2. The summed E-state index contributed by atoms with van der Waals surface area (Å²) in [6, 6.07) is 8.86. The van der Waals surface area contributed by atoms with Crippen molar-refractivity contribution in [1.29, 1.82) is 0 Å². The SMILES string of the molecule is Nc1c(CCC(=O)NCc2ccncc2)cccc1C(=O)Nc1n[nH]c(=S)s1. The Morgan fingerprint density at radius 1 is 1.21 bits per heavy atom. The Bertz CT molecular complexity index is 1030. The van der Waals surface area contributed by atoms with Crippen LogP contribution in [0.2, 0.25) is 0 Å². The number of H-pyrrole nitrogens is 1. The number of benzene rings is 1. The first-order chi connectivity index (χ1) is 13.5. The van der Waals surface area contributed by atoms with E-state index >= 15 is 0 Å². The van der Waals surface area contributed by atoms with Crippen molar-refractivity contribution in [1.82, 2.24) is 20.5 Å². The van der Waals surface area contributed by atoms with Crippen LogP contribution in [-0.4, -0.2) is 27.0 Å². The smallest absolute Gasteiger partial charge is 0.259 e. The van der Waals surface area contributed by atoms with Crippen LogP contribution in [-0.2, 0) is 17.8 Å². The standard InChI is InChI=1S/C18H18N6O2S2/c19-15-12(4-5-14(25)21-10-11-6-8-20-9-7-11)2-1-3-13(15)16(26)22-17-23-24-18(27)28-17/h1-3,6-9H,4-5,10,19H2,(H,21,25)(H,24,27)(H,22,23,26). The van der Waals surface area contributed by atoms with Gasteiger partial charge in [0.05, 0.1) is 5.56 Å². The molecule has 1 aromatic carbocycles. The summed E-state index contributed by atoms with van der Waals surface area (Å²) in [5.74, 6) is -0.471. The van der Waals surface area contributed by atoms with Crippen molar-refractivity contribution in [3.8, 4) is 0 Å². The molecule has 0 radical (unpaired) electrons. The lowest BCUT2D eigenvalue weighted by molar-refractivity contribution is -0.121. The number of carbonyl (C=O) groups excluding carboxylic acids is 2. The number of nitrogens with one attached hydrogen (secondary N) is 3. The highest BCUT2D eigenvalue weighted by Gasteiger charge is 2.15. The number of nitrogens with zero attached hydrogens (tertiary/aromatic N) is 2. The van der Waals surface area contributed by atoms with Crippen molar-refractivity contribution >= 4 is 46.2 Å². The van der Waals surface area contributed by atoms with Crippen molar-refractivity contribution in [2.75, 3.05) is 11.1 Å². The minimum absolute atomic E-state index is 0.0950. The Hall–Kier alpha value is -3.11. The normalized spacial score (nSPS) is 10.4. The number of carbonyl (C=O) groups is 2. The van der Waals surface area contributed by atoms with E-state index in [2.05, 4.69) is 25.8 Å². The molecular weight excluding hydrogens is 396 g/mol. The molecule has 28 heavy (non-hydrogen) atoms. The number of aryl methyl sites for hydroxylation is 1. The van der Waals surface area contributed by atoms with Crippen molar-refractivity contribution in [3.63, 3.8) is 0 Å². The number of hydrogen-bond donors (Lipinski definition) is 4. The van der Waals surface area contributed by atoms with Gasteiger partial charge in [0, 0.05) is 31.0 Å². The molecule has 0 aliphatic carbocycles. The van der Waals surface area contributed by atoms with Gasteiger partial charge in [0.15, 0.2) is 3.95 Å². The first-order valence-corrected chi connectivity index (χ1v) is 9.65. The van der Waals surface area contributed by atoms with Gasteiger partial charge in [-0.1, -0.05) is 23.5 Å². The van der Waals surface area contributed by atoms with Crippen LogP contribution in [0.25, 0.3) is 0 Å². The fraction of sp³-hybridized carbons (Fsp3) is 0.167. The van der Waals surface area contributed by atoms with Crippen molar-refractivity contribution in [2.24, 2.45) is 0 Å². The largest absolute Gasteiger partial charge is 0.398 e. The lowest BCUT2D eigenvalue weighted by Crippen LogP contribution is -2.23. The van der Waals surface area contributed by atoms with Gasteiger partial charge in [0.25, 0.3) is 5.91 Å². The van der Waals surface area contributed by atoms with E-state index in [0.717, 1.165) is 22.5 Å². The van der Waals surface area contributed by atoms with Crippen molar-refractivity contribution in [2.45, 2.75) is 19.4 Å². The summed E-state index contributed by atoms with van der Waals surface area (Å²) in [7, 11) is 0. The highest BCUT2D eigenvalue weighted by atomic mass is 32.1. The molecule has 0 saturated carbocycles. The van der Waals surface area contributed by atoms with E-state index in [4.69, 9.17) is 18.0 Å². The third-order valence-corrected chi connectivity index (χ3v) is 4.96. The molecule has 2 amide bonds. The highest BCUT2D eigenvalue weighted by Crippen LogP contribution is 2.21. The third-order valence-electron chi connectivity index (χ3n) is 3.96. The van der Waals surface area contributed by atoms with Crippen LogP contribution in [0, 0.1) is 3.95 Å². The molecule has 2 heterocycles. The van der Waals surface area contributed by atoms with Crippen LogP contribution in [0.15, 0.2) is 42.7 Å². The minimum atomic E-state index is -0.376. The molecule has 8 nitrogen and oxygen atoms in total. The summed E-state index contributed by atoms with van der Waals surface area (Å²) >= 11 is 6.10. The monoisotopic (exact) mass is 414 g/mol. The van der Waals surface area contributed by atoms with E-state index in [1.54, 1.807) is 30.6 Å². The number of anilines is 2. The van der Waals surface area contributed by atoms with Gasteiger partial charge in [-0.05, 0) is 48.0 Å². The Labute approximate surface area is 170 Å². The van der Waals surface area contributed by atoms with Gasteiger partial charge < -0.3 is 11.1 Å². The fourth-order valence-corrected chi connectivity index (χ4v) is 3.30. The van der Waals surface area contributed by atoms with Crippen LogP contribution < -0.4 is 16.4 Å². The fourth-order valence-electron chi connectivity index (χ4n) is 2.51.